The van der Waals surface area contributed by atoms with E-state index in [2.05, 4.69) is 30.8 Å². The highest BCUT2D eigenvalue weighted by molar-refractivity contribution is 9.10. The molecule has 0 atom stereocenters. The van der Waals surface area contributed by atoms with Gasteiger partial charge in [0.25, 0.3) is 0 Å². The van der Waals surface area contributed by atoms with Gasteiger partial charge < -0.3 is 24.0 Å². The summed E-state index contributed by atoms with van der Waals surface area (Å²) >= 11 is 9.82. The van der Waals surface area contributed by atoms with Crippen LogP contribution in [0.3, 0.4) is 0 Å². The third-order valence-corrected chi connectivity index (χ3v) is 6.98. The second-order valence-corrected chi connectivity index (χ2v) is 10.6. The number of fused-ring (bicyclic) bond motifs is 1. The Morgan fingerprint density at radius 1 is 1.16 bits per heavy atom. The SMILES string of the molecule is COc1cc2c(N3CCC4(CC3)CN(C(=O)OC(C)(C)C)C4)nc(Cl)nc2c(OC)c1Br. The average molecular weight is 528 g/mol. The zero-order chi connectivity index (χ0) is 23.3. The maximum absolute atomic E-state index is 12.3. The maximum atomic E-state index is 12.3. The Hall–Kier alpha value is -2.00. The van der Waals surface area contributed by atoms with Gasteiger partial charge in [0.2, 0.25) is 5.28 Å². The summed E-state index contributed by atoms with van der Waals surface area (Å²) < 4.78 is 17.3. The first-order valence-corrected chi connectivity index (χ1v) is 11.7. The van der Waals surface area contributed by atoms with Gasteiger partial charge in [-0.2, -0.15) is 4.98 Å². The van der Waals surface area contributed by atoms with E-state index in [4.69, 9.17) is 25.8 Å². The van der Waals surface area contributed by atoms with Crippen molar-refractivity contribution in [2.45, 2.75) is 39.2 Å². The largest absolute Gasteiger partial charge is 0.495 e. The summed E-state index contributed by atoms with van der Waals surface area (Å²) in [6, 6.07) is 1.91. The number of methoxy groups -OCH3 is 2. The number of ether oxygens (including phenoxy) is 3. The minimum absolute atomic E-state index is 0.137. The number of hydrogen-bond acceptors (Lipinski definition) is 7. The van der Waals surface area contributed by atoms with Crippen LogP contribution in [0.1, 0.15) is 33.6 Å². The molecule has 1 aromatic heterocycles. The molecule has 1 spiro atoms. The van der Waals surface area contributed by atoms with Crippen molar-refractivity contribution in [2.75, 3.05) is 45.3 Å². The van der Waals surface area contributed by atoms with Gasteiger partial charge in [0.15, 0.2) is 5.75 Å². The topological polar surface area (TPSA) is 77.0 Å². The van der Waals surface area contributed by atoms with Crippen molar-refractivity contribution in [3.05, 3.63) is 15.8 Å². The minimum Gasteiger partial charge on any atom is -0.495 e. The standard InChI is InChI=1S/C22H28BrClN4O4/c1-21(2,3)32-20(29)28-11-22(12-28)6-8-27(9-7-22)18-13-10-14(30-4)15(23)17(31-5)16(13)25-19(24)26-18/h10H,6-9,11-12H2,1-5H3. The van der Waals surface area contributed by atoms with Crippen molar-refractivity contribution < 1.29 is 19.0 Å². The Morgan fingerprint density at radius 3 is 2.38 bits per heavy atom. The number of piperidine rings is 1. The first kappa shape index (κ1) is 23.2. The van der Waals surface area contributed by atoms with Crippen LogP contribution in [0.2, 0.25) is 5.28 Å². The maximum Gasteiger partial charge on any atom is 0.410 e. The Balaban J connectivity index is 1.53. The van der Waals surface area contributed by atoms with E-state index in [1.807, 2.05) is 26.8 Å². The van der Waals surface area contributed by atoms with Crippen LogP contribution in [0.4, 0.5) is 10.6 Å². The number of amides is 1. The fourth-order valence-corrected chi connectivity index (χ4v) is 5.24. The molecule has 4 rings (SSSR count). The molecule has 3 heterocycles. The Morgan fingerprint density at radius 2 is 1.81 bits per heavy atom. The number of carbonyl (C=O) groups excluding carboxylic acids is 1. The summed E-state index contributed by atoms with van der Waals surface area (Å²) in [6.45, 7) is 8.75. The number of anilines is 1. The summed E-state index contributed by atoms with van der Waals surface area (Å²) in [4.78, 5) is 25.3. The average Bonchev–Trinajstić information content (AvgIpc) is 2.70. The van der Waals surface area contributed by atoms with Crippen molar-refractivity contribution in [1.29, 1.82) is 0 Å². The minimum atomic E-state index is -0.479. The zero-order valence-electron chi connectivity index (χ0n) is 19.0. The molecule has 2 aromatic rings. The molecule has 174 valence electrons. The van der Waals surface area contributed by atoms with Gasteiger partial charge in [-0.1, -0.05) is 0 Å². The van der Waals surface area contributed by atoms with Crippen LogP contribution in [0, 0.1) is 5.41 Å². The quantitative estimate of drug-likeness (QED) is 0.525. The third kappa shape index (κ3) is 4.29. The molecule has 0 aliphatic carbocycles. The summed E-state index contributed by atoms with van der Waals surface area (Å²) in [5.41, 5.74) is 0.293. The third-order valence-electron chi connectivity index (χ3n) is 6.06. The monoisotopic (exact) mass is 526 g/mol. The highest BCUT2D eigenvalue weighted by Crippen LogP contribution is 2.45. The van der Waals surface area contributed by atoms with Crippen LogP contribution in [-0.2, 0) is 4.74 Å². The molecule has 0 N–H and O–H groups in total. The highest BCUT2D eigenvalue weighted by atomic mass is 79.9. The molecule has 2 aliphatic rings. The Bertz CT molecular complexity index is 1040. The van der Waals surface area contributed by atoms with Crippen LogP contribution in [0.15, 0.2) is 10.5 Å². The molecule has 8 nitrogen and oxygen atoms in total. The molecular formula is C22H28BrClN4O4. The van der Waals surface area contributed by atoms with Crippen LogP contribution >= 0.6 is 27.5 Å². The number of benzene rings is 1. The lowest BCUT2D eigenvalue weighted by Gasteiger charge is -2.53. The number of likely N-dealkylation sites (tertiary alicyclic amines) is 1. The second kappa shape index (κ2) is 8.41. The predicted molar refractivity (Wildman–Crippen MR) is 127 cm³/mol. The summed E-state index contributed by atoms with van der Waals surface area (Å²) in [7, 11) is 3.20. The Labute approximate surface area is 201 Å². The lowest BCUT2D eigenvalue weighted by molar-refractivity contribution is -0.0434. The lowest BCUT2D eigenvalue weighted by atomic mass is 9.72. The van der Waals surface area contributed by atoms with E-state index in [1.54, 1.807) is 19.1 Å². The van der Waals surface area contributed by atoms with E-state index < -0.39 is 5.60 Å². The van der Waals surface area contributed by atoms with Gasteiger partial charge in [0, 0.05) is 31.6 Å². The van der Waals surface area contributed by atoms with E-state index >= 15 is 0 Å². The van der Waals surface area contributed by atoms with Gasteiger partial charge >= 0.3 is 6.09 Å². The fraction of sp³-hybridized carbons (Fsp3) is 0.591. The van der Waals surface area contributed by atoms with Crippen LogP contribution < -0.4 is 14.4 Å². The van der Waals surface area contributed by atoms with E-state index in [-0.39, 0.29) is 16.8 Å². The van der Waals surface area contributed by atoms with Gasteiger partial charge in [-0.25, -0.2) is 9.78 Å². The number of nitrogens with zero attached hydrogens (tertiary/aromatic N) is 4. The number of hydrogen-bond donors (Lipinski definition) is 0. The van der Waals surface area contributed by atoms with Crippen LogP contribution in [-0.4, -0.2) is 67.0 Å². The first-order chi connectivity index (χ1) is 15.1. The van der Waals surface area contributed by atoms with Crippen molar-refractivity contribution in [2.24, 2.45) is 5.41 Å². The smallest absolute Gasteiger partial charge is 0.410 e. The van der Waals surface area contributed by atoms with Crippen molar-refractivity contribution in [3.63, 3.8) is 0 Å². The number of aromatic nitrogens is 2. The molecule has 0 unspecified atom stereocenters. The molecule has 1 aromatic carbocycles. The molecule has 1 amide bonds. The van der Waals surface area contributed by atoms with Gasteiger partial charge in [-0.15, -0.1) is 0 Å². The molecular weight excluding hydrogens is 500 g/mol. The molecule has 2 saturated heterocycles. The number of carbonyl (C=O) groups is 1. The van der Waals surface area contributed by atoms with Crippen molar-refractivity contribution in [1.82, 2.24) is 14.9 Å². The summed E-state index contributed by atoms with van der Waals surface area (Å²) in [6.07, 6.45) is 1.68. The second-order valence-electron chi connectivity index (χ2n) is 9.46. The highest BCUT2D eigenvalue weighted by Gasteiger charge is 2.48. The molecule has 0 bridgehead atoms. The van der Waals surface area contributed by atoms with Gasteiger partial charge in [-0.05, 0) is 67.2 Å². The van der Waals surface area contributed by atoms with Crippen molar-refractivity contribution in [3.8, 4) is 11.5 Å². The van der Waals surface area contributed by atoms with Crippen LogP contribution in [0.25, 0.3) is 10.9 Å². The normalized spacial score (nSPS) is 18.0. The number of rotatable bonds is 3. The molecule has 2 fully saturated rings. The summed E-state index contributed by atoms with van der Waals surface area (Å²) in [5, 5.41) is 0.995. The Kier molecular flexibility index (Phi) is 6.09. The zero-order valence-corrected chi connectivity index (χ0v) is 21.3. The van der Waals surface area contributed by atoms with Crippen LogP contribution in [0.5, 0.6) is 11.5 Å². The van der Waals surface area contributed by atoms with E-state index in [0.717, 1.165) is 50.2 Å². The van der Waals surface area contributed by atoms with E-state index in [1.165, 1.54) is 0 Å². The lowest BCUT2D eigenvalue weighted by Crippen LogP contribution is -2.62. The van der Waals surface area contributed by atoms with Crippen molar-refractivity contribution >= 4 is 50.3 Å². The molecule has 2 aliphatic heterocycles. The van der Waals surface area contributed by atoms with E-state index in [9.17, 15) is 4.79 Å². The molecule has 0 radical (unpaired) electrons. The first-order valence-electron chi connectivity index (χ1n) is 10.6. The van der Waals surface area contributed by atoms with Gasteiger partial charge in [0.1, 0.15) is 27.2 Å². The van der Waals surface area contributed by atoms with E-state index in [0.29, 0.717) is 21.5 Å². The molecule has 32 heavy (non-hydrogen) atoms. The fourth-order valence-electron chi connectivity index (χ4n) is 4.45. The molecule has 10 heteroatoms. The molecule has 0 saturated carbocycles. The number of halogens is 2. The predicted octanol–water partition coefficient (Wildman–Crippen LogP) is 4.90. The summed E-state index contributed by atoms with van der Waals surface area (Å²) in [5.74, 6) is 1.97. The van der Waals surface area contributed by atoms with Gasteiger partial charge in [-0.3, -0.25) is 0 Å². The van der Waals surface area contributed by atoms with Gasteiger partial charge in [0.05, 0.1) is 19.6 Å².